The Labute approximate surface area is 112 Å². The quantitative estimate of drug-likeness (QED) is 0.769. The molecule has 2 aromatic rings. The predicted molar refractivity (Wildman–Crippen MR) is 78.2 cm³/mol. The first-order chi connectivity index (χ1) is 9.07. The Kier molecular flexibility index (Phi) is 2.82. The Morgan fingerprint density at radius 1 is 1.26 bits per heavy atom. The van der Waals surface area contributed by atoms with Crippen molar-refractivity contribution in [1.82, 2.24) is 4.98 Å². The maximum Gasteiger partial charge on any atom is 0.0724 e. The van der Waals surface area contributed by atoms with Gasteiger partial charge in [0.2, 0.25) is 0 Å². The van der Waals surface area contributed by atoms with Crippen molar-refractivity contribution in [3.63, 3.8) is 0 Å². The van der Waals surface area contributed by atoms with Gasteiger partial charge in [0.05, 0.1) is 22.5 Å². The summed E-state index contributed by atoms with van der Waals surface area (Å²) in [6, 6.07) is 7.95. The molecular weight excluding hydrogens is 238 g/mol. The third-order valence-electron chi connectivity index (χ3n) is 3.99. The van der Waals surface area contributed by atoms with Gasteiger partial charge >= 0.3 is 0 Å². The molecule has 2 heterocycles. The third-order valence-corrected chi connectivity index (χ3v) is 3.99. The summed E-state index contributed by atoms with van der Waals surface area (Å²) < 4.78 is 0. The monoisotopic (exact) mass is 257 g/mol. The highest BCUT2D eigenvalue weighted by Gasteiger charge is 2.28. The lowest BCUT2D eigenvalue weighted by Gasteiger charge is -2.37. The first-order valence-electron chi connectivity index (χ1n) is 6.67. The average molecular weight is 257 g/mol. The number of pyridine rings is 1. The van der Waals surface area contributed by atoms with E-state index in [9.17, 15) is 5.11 Å². The zero-order valence-corrected chi connectivity index (χ0v) is 11.1. The highest BCUT2D eigenvalue weighted by molar-refractivity contribution is 5.97. The van der Waals surface area contributed by atoms with E-state index in [-0.39, 0.29) is 0 Å². The summed E-state index contributed by atoms with van der Waals surface area (Å²) >= 11 is 0. The van der Waals surface area contributed by atoms with E-state index in [2.05, 4.69) is 9.88 Å². The lowest BCUT2D eigenvalue weighted by Crippen LogP contribution is -2.42. The van der Waals surface area contributed by atoms with Crippen LogP contribution in [0.4, 0.5) is 11.4 Å². The number of nitrogens with zero attached hydrogens (tertiary/aromatic N) is 2. The molecule has 0 spiro atoms. The van der Waals surface area contributed by atoms with Crippen molar-refractivity contribution in [2.75, 3.05) is 23.7 Å². The second-order valence-electron chi connectivity index (χ2n) is 5.55. The Morgan fingerprint density at radius 3 is 2.74 bits per heavy atom. The molecule has 1 saturated heterocycles. The maximum absolute atomic E-state index is 10.0. The molecule has 0 atom stereocenters. The molecule has 0 amide bonds. The zero-order chi connectivity index (χ0) is 13.5. The summed E-state index contributed by atoms with van der Waals surface area (Å²) in [6.45, 7) is 3.57. The summed E-state index contributed by atoms with van der Waals surface area (Å²) in [5.74, 6) is 0. The molecule has 1 aliphatic rings. The molecule has 1 aromatic heterocycles. The number of rotatable bonds is 1. The fourth-order valence-electron chi connectivity index (χ4n) is 2.67. The minimum absolute atomic E-state index is 0.538. The first kappa shape index (κ1) is 12.2. The molecule has 0 aliphatic carbocycles. The van der Waals surface area contributed by atoms with E-state index in [4.69, 9.17) is 5.73 Å². The van der Waals surface area contributed by atoms with Gasteiger partial charge in [0, 0.05) is 24.7 Å². The van der Waals surface area contributed by atoms with E-state index in [1.54, 1.807) is 6.20 Å². The maximum atomic E-state index is 10.0. The van der Waals surface area contributed by atoms with Crippen molar-refractivity contribution >= 4 is 22.3 Å². The molecule has 1 aliphatic heterocycles. The molecule has 0 saturated carbocycles. The van der Waals surface area contributed by atoms with Gasteiger partial charge in [0.1, 0.15) is 0 Å². The van der Waals surface area contributed by atoms with E-state index in [0.29, 0.717) is 0 Å². The molecule has 4 nitrogen and oxygen atoms in total. The third kappa shape index (κ3) is 2.24. The lowest BCUT2D eigenvalue weighted by atomic mass is 9.93. The van der Waals surface area contributed by atoms with Gasteiger partial charge in [0.15, 0.2) is 0 Å². The largest absolute Gasteiger partial charge is 0.396 e. The van der Waals surface area contributed by atoms with Crippen LogP contribution < -0.4 is 10.6 Å². The first-order valence-corrected chi connectivity index (χ1v) is 6.67. The smallest absolute Gasteiger partial charge is 0.0724 e. The van der Waals surface area contributed by atoms with E-state index < -0.39 is 5.60 Å². The normalized spacial score (nSPS) is 18.7. The fourth-order valence-corrected chi connectivity index (χ4v) is 2.67. The topological polar surface area (TPSA) is 62.4 Å². The summed E-state index contributed by atoms with van der Waals surface area (Å²) in [7, 11) is 0. The van der Waals surface area contributed by atoms with Crippen LogP contribution in [0.1, 0.15) is 19.8 Å². The van der Waals surface area contributed by atoms with E-state index in [1.165, 1.54) is 0 Å². The average Bonchev–Trinajstić information content (AvgIpc) is 2.40. The van der Waals surface area contributed by atoms with Gasteiger partial charge in [-0.25, -0.2) is 0 Å². The Morgan fingerprint density at radius 2 is 2.00 bits per heavy atom. The van der Waals surface area contributed by atoms with Crippen LogP contribution in [0.3, 0.4) is 0 Å². The molecule has 0 radical (unpaired) electrons. The number of piperidine rings is 1. The SMILES string of the molecule is CC1(O)CCN(c2ccc3ncccc3c2N)CC1. The number of hydrogen-bond donors (Lipinski definition) is 2. The van der Waals surface area contributed by atoms with Crippen molar-refractivity contribution in [2.45, 2.75) is 25.4 Å². The van der Waals surface area contributed by atoms with Crippen molar-refractivity contribution < 1.29 is 5.11 Å². The minimum atomic E-state index is -0.538. The molecular formula is C15H19N3O. The molecule has 3 rings (SSSR count). The zero-order valence-electron chi connectivity index (χ0n) is 11.1. The van der Waals surface area contributed by atoms with Crippen molar-refractivity contribution in [3.05, 3.63) is 30.5 Å². The van der Waals surface area contributed by atoms with Crippen LogP contribution >= 0.6 is 0 Å². The number of anilines is 2. The summed E-state index contributed by atoms with van der Waals surface area (Å²) in [5, 5.41) is 11.0. The van der Waals surface area contributed by atoms with E-state index >= 15 is 0 Å². The van der Waals surface area contributed by atoms with Gasteiger partial charge < -0.3 is 15.7 Å². The molecule has 1 fully saturated rings. The van der Waals surface area contributed by atoms with E-state index in [0.717, 1.165) is 48.2 Å². The minimum Gasteiger partial charge on any atom is -0.396 e. The highest BCUT2D eigenvalue weighted by atomic mass is 16.3. The molecule has 3 N–H and O–H groups in total. The van der Waals surface area contributed by atoms with Crippen LogP contribution in [0.5, 0.6) is 0 Å². The summed E-state index contributed by atoms with van der Waals surface area (Å²) in [4.78, 5) is 6.56. The second-order valence-corrected chi connectivity index (χ2v) is 5.55. The van der Waals surface area contributed by atoms with Crippen LogP contribution in [0.25, 0.3) is 10.9 Å². The van der Waals surface area contributed by atoms with Crippen molar-refractivity contribution in [2.24, 2.45) is 0 Å². The van der Waals surface area contributed by atoms with Crippen LogP contribution in [0, 0.1) is 0 Å². The standard InChI is InChI=1S/C15H19N3O/c1-15(19)6-9-18(10-7-15)13-5-4-12-11(14(13)16)3-2-8-17-12/h2-5,8,19H,6-7,9-10,16H2,1H3. The number of nitrogens with two attached hydrogens (primary N) is 1. The summed E-state index contributed by atoms with van der Waals surface area (Å²) in [6.07, 6.45) is 3.33. The molecule has 0 unspecified atom stereocenters. The number of fused-ring (bicyclic) bond motifs is 1. The Balaban J connectivity index is 1.96. The van der Waals surface area contributed by atoms with Crippen LogP contribution in [-0.4, -0.2) is 28.8 Å². The predicted octanol–water partition coefficient (Wildman–Crippen LogP) is 2.17. The number of aromatic nitrogens is 1. The number of hydrogen-bond acceptors (Lipinski definition) is 4. The Bertz CT molecular complexity index is 599. The summed E-state index contributed by atoms with van der Waals surface area (Å²) in [5.41, 5.74) is 8.50. The van der Waals surface area contributed by atoms with Gasteiger partial charge in [0.25, 0.3) is 0 Å². The number of nitrogen functional groups attached to an aromatic ring is 1. The van der Waals surface area contributed by atoms with Crippen molar-refractivity contribution in [1.29, 1.82) is 0 Å². The molecule has 100 valence electrons. The Hall–Kier alpha value is -1.81. The van der Waals surface area contributed by atoms with E-state index in [1.807, 2.05) is 31.2 Å². The molecule has 4 heteroatoms. The molecule has 19 heavy (non-hydrogen) atoms. The molecule has 0 bridgehead atoms. The highest BCUT2D eigenvalue weighted by Crippen LogP contribution is 2.33. The fraction of sp³-hybridized carbons (Fsp3) is 0.400. The number of benzene rings is 1. The van der Waals surface area contributed by atoms with Gasteiger partial charge in [-0.3, -0.25) is 4.98 Å². The van der Waals surface area contributed by atoms with Gasteiger partial charge in [-0.05, 0) is 44.0 Å². The van der Waals surface area contributed by atoms with Gasteiger partial charge in [-0.1, -0.05) is 0 Å². The lowest BCUT2D eigenvalue weighted by molar-refractivity contribution is 0.0351. The van der Waals surface area contributed by atoms with Gasteiger partial charge in [-0.2, -0.15) is 0 Å². The van der Waals surface area contributed by atoms with Crippen molar-refractivity contribution in [3.8, 4) is 0 Å². The van der Waals surface area contributed by atoms with Gasteiger partial charge in [-0.15, -0.1) is 0 Å². The number of aliphatic hydroxyl groups is 1. The molecule has 1 aromatic carbocycles. The van der Waals surface area contributed by atoms with Crippen LogP contribution in [-0.2, 0) is 0 Å². The second kappa shape index (κ2) is 4.38. The van der Waals surface area contributed by atoms with Crippen LogP contribution in [0.2, 0.25) is 0 Å². The van der Waals surface area contributed by atoms with Crippen LogP contribution in [0.15, 0.2) is 30.5 Å².